The van der Waals surface area contributed by atoms with Crippen LogP contribution < -0.4 is 0 Å². The molecule has 0 N–H and O–H groups in total. The lowest BCUT2D eigenvalue weighted by molar-refractivity contribution is 0.0894. The fourth-order valence-electron chi connectivity index (χ4n) is 3.90. The van der Waals surface area contributed by atoms with E-state index in [-0.39, 0.29) is 5.92 Å². The number of hydrogen-bond acceptors (Lipinski definition) is 1. The van der Waals surface area contributed by atoms with Crippen LogP contribution in [0.1, 0.15) is 45.0 Å². The topological polar surface area (TPSA) is 17.1 Å². The van der Waals surface area contributed by atoms with Crippen molar-refractivity contribution in [1.82, 2.24) is 0 Å². The van der Waals surface area contributed by atoms with Crippen molar-refractivity contribution in [1.29, 1.82) is 0 Å². The van der Waals surface area contributed by atoms with Crippen molar-refractivity contribution in [2.45, 2.75) is 32.1 Å². The zero-order valence-electron chi connectivity index (χ0n) is 11.7. The summed E-state index contributed by atoms with van der Waals surface area (Å²) in [5.41, 5.74) is 6.32. The first-order valence-corrected chi connectivity index (χ1v) is 7.44. The Morgan fingerprint density at radius 1 is 0.950 bits per heavy atom. The van der Waals surface area contributed by atoms with Gasteiger partial charge in [0.05, 0.1) is 0 Å². The van der Waals surface area contributed by atoms with Crippen LogP contribution >= 0.6 is 0 Å². The lowest BCUT2D eigenvalue weighted by Gasteiger charge is -2.28. The number of rotatable bonds is 0. The summed E-state index contributed by atoms with van der Waals surface area (Å²) in [4.78, 5) is 12.7. The van der Waals surface area contributed by atoms with E-state index in [9.17, 15) is 4.79 Å². The Kier molecular flexibility index (Phi) is 2.56. The summed E-state index contributed by atoms with van der Waals surface area (Å²) in [6.07, 6.45) is 3.01. The van der Waals surface area contributed by atoms with Gasteiger partial charge in [-0.05, 0) is 48.8 Å². The van der Waals surface area contributed by atoms with Crippen LogP contribution in [0.2, 0.25) is 0 Å². The minimum atomic E-state index is 0.179. The number of ketones is 1. The van der Waals surface area contributed by atoms with Gasteiger partial charge >= 0.3 is 0 Å². The highest BCUT2D eigenvalue weighted by Gasteiger charge is 2.36. The van der Waals surface area contributed by atoms with E-state index in [2.05, 4.69) is 43.3 Å². The Bertz CT molecular complexity index is 699. The lowest BCUT2D eigenvalue weighted by Crippen LogP contribution is -2.26. The number of carbonyl (C=O) groups excluding carboxylic acids is 1. The van der Waals surface area contributed by atoms with Gasteiger partial charge in [0.25, 0.3) is 0 Å². The normalized spacial score (nSPS) is 23.8. The lowest BCUT2D eigenvalue weighted by atomic mass is 9.74. The zero-order chi connectivity index (χ0) is 13.7. The van der Waals surface area contributed by atoms with Crippen molar-refractivity contribution in [3.05, 3.63) is 70.3 Å². The van der Waals surface area contributed by atoms with Crippen molar-refractivity contribution >= 4 is 5.78 Å². The Hall–Kier alpha value is -1.89. The van der Waals surface area contributed by atoms with E-state index in [4.69, 9.17) is 0 Å². The maximum atomic E-state index is 12.7. The predicted octanol–water partition coefficient (Wildman–Crippen LogP) is 4.08. The van der Waals surface area contributed by atoms with Crippen LogP contribution in [-0.4, -0.2) is 5.78 Å². The first-order chi connectivity index (χ1) is 9.72. The van der Waals surface area contributed by atoms with Crippen molar-refractivity contribution in [3.63, 3.8) is 0 Å². The SMILES string of the molecule is Cc1ccc2c(c1)C1Cc3ccccc3CC(C1)C2=O. The van der Waals surface area contributed by atoms with E-state index in [1.54, 1.807) is 0 Å². The summed E-state index contributed by atoms with van der Waals surface area (Å²) in [5, 5.41) is 0. The summed E-state index contributed by atoms with van der Waals surface area (Å²) in [5.74, 6) is 1.04. The first-order valence-electron chi connectivity index (χ1n) is 7.44. The Morgan fingerprint density at radius 2 is 1.65 bits per heavy atom. The van der Waals surface area contributed by atoms with Gasteiger partial charge in [-0.1, -0.05) is 48.0 Å². The van der Waals surface area contributed by atoms with E-state index >= 15 is 0 Å². The highest BCUT2D eigenvalue weighted by molar-refractivity contribution is 6.01. The molecule has 2 unspecified atom stereocenters. The summed E-state index contributed by atoms with van der Waals surface area (Å²) >= 11 is 0. The van der Waals surface area contributed by atoms with E-state index in [1.165, 1.54) is 22.3 Å². The van der Waals surface area contributed by atoms with E-state index in [1.807, 2.05) is 6.07 Å². The molecule has 0 aliphatic heterocycles. The molecule has 0 heterocycles. The first kappa shape index (κ1) is 11.9. The van der Waals surface area contributed by atoms with Crippen LogP contribution in [-0.2, 0) is 12.8 Å². The molecule has 0 fully saturated rings. The van der Waals surface area contributed by atoms with Crippen LogP contribution in [0, 0.1) is 12.8 Å². The molecule has 2 aromatic rings. The zero-order valence-corrected chi connectivity index (χ0v) is 11.7. The molecule has 1 heteroatoms. The highest BCUT2D eigenvalue weighted by Crippen LogP contribution is 2.41. The minimum Gasteiger partial charge on any atom is -0.294 e. The van der Waals surface area contributed by atoms with Gasteiger partial charge in [0.1, 0.15) is 0 Å². The molecule has 4 rings (SSSR count). The maximum absolute atomic E-state index is 12.7. The number of aryl methyl sites for hydroxylation is 1. The Labute approximate surface area is 119 Å². The molecule has 2 aromatic carbocycles. The van der Waals surface area contributed by atoms with Crippen molar-refractivity contribution in [2.24, 2.45) is 5.92 Å². The second-order valence-electron chi connectivity index (χ2n) is 6.26. The average Bonchev–Trinajstić information content (AvgIpc) is 2.62. The Morgan fingerprint density at radius 3 is 2.40 bits per heavy atom. The standard InChI is InChI=1S/C19H18O/c1-12-6-7-17-18(8-12)15-9-13-4-2-3-5-14(13)10-16(11-15)19(17)20/h2-8,15-16H,9-11H2,1H3. The summed E-state index contributed by atoms with van der Waals surface area (Å²) < 4.78 is 0. The average molecular weight is 262 g/mol. The number of Topliss-reactive ketones (excluding diaryl/α,β-unsaturated/α-hetero) is 1. The third kappa shape index (κ3) is 1.73. The van der Waals surface area contributed by atoms with Gasteiger partial charge in [-0.3, -0.25) is 4.79 Å². The maximum Gasteiger partial charge on any atom is 0.166 e. The van der Waals surface area contributed by atoms with Gasteiger partial charge in [0, 0.05) is 11.5 Å². The van der Waals surface area contributed by atoms with Gasteiger partial charge in [0.2, 0.25) is 0 Å². The molecule has 0 aromatic heterocycles. The molecule has 0 saturated heterocycles. The third-order valence-electron chi connectivity index (χ3n) is 4.90. The quantitative estimate of drug-likeness (QED) is 0.699. The molecule has 20 heavy (non-hydrogen) atoms. The van der Waals surface area contributed by atoms with Crippen LogP contribution in [0.3, 0.4) is 0 Å². The number of hydrogen-bond donors (Lipinski definition) is 0. The molecular formula is C19H18O. The van der Waals surface area contributed by atoms with Crippen molar-refractivity contribution < 1.29 is 4.79 Å². The summed E-state index contributed by atoms with van der Waals surface area (Å²) in [6, 6.07) is 15.0. The van der Waals surface area contributed by atoms with E-state index < -0.39 is 0 Å². The molecular weight excluding hydrogens is 244 g/mol. The van der Waals surface area contributed by atoms with Crippen molar-refractivity contribution in [2.75, 3.05) is 0 Å². The van der Waals surface area contributed by atoms with E-state index in [0.717, 1.165) is 24.8 Å². The fraction of sp³-hybridized carbons (Fsp3) is 0.316. The fourth-order valence-corrected chi connectivity index (χ4v) is 3.90. The number of benzene rings is 2. The van der Waals surface area contributed by atoms with Crippen LogP contribution in [0.25, 0.3) is 0 Å². The molecule has 0 saturated carbocycles. The molecule has 2 atom stereocenters. The highest BCUT2D eigenvalue weighted by atomic mass is 16.1. The third-order valence-corrected chi connectivity index (χ3v) is 4.90. The predicted molar refractivity (Wildman–Crippen MR) is 80.2 cm³/mol. The van der Waals surface area contributed by atoms with Gasteiger partial charge in [-0.2, -0.15) is 0 Å². The van der Waals surface area contributed by atoms with E-state index in [0.29, 0.717) is 11.7 Å². The second-order valence-corrected chi connectivity index (χ2v) is 6.26. The molecule has 0 radical (unpaired) electrons. The van der Waals surface area contributed by atoms with Gasteiger partial charge in [-0.25, -0.2) is 0 Å². The Balaban J connectivity index is 1.88. The van der Waals surface area contributed by atoms with Gasteiger partial charge < -0.3 is 0 Å². The van der Waals surface area contributed by atoms with Gasteiger partial charge in [-0.15, -0.1) is 0 Å². The molecule has 0 amide bonds. The van der Waals surface area contributed by atoms with Gasteiger partial charge in [0.15, 0.2) is 5.78 Å². The molecule has 0 spiro atoms. The minimum absolute atomic E-state index is 0.179. The molecule has 2 bridgehead atoms. The van der Waals surface area contributed by atoms with Crippen LogP contribution in [0.15, 0.2) is 42.5 Å². The van der Waals surface area contributed by atoms with Crippen LogP contribution in [0.5, 0.6) is 0 Å². The largest absolute Gasteiger partial charge is 0.294 e. The summed E-state index contributed by atoms with van der Waals surface area (Å²) in [7, 11) is 0. The molecule has 2 aliphatic rings. The smallest absolute Gasteiger partial charge is 0.166 e. The molecule has 100 valence electrons. The molecule has 2 aliphatic carbocycles. The molecule has 1 nitrogen and oxygen atoms in total. The monoisotopic (exact) mass is 262 g/mol. The number of carbonyl (C=O) groups is 1. The van der Waals surface area contributed by atoms with Crippen molar-refractivity contribution in [3.8, 4) is 0 Å². The second kappa shape index (κ2) is 4.31. The number of fused-ring (bicyclic) bond motifs is 5. The van der Waals surface area contributed by atoms with Crippen LogP contribution in [0.4, 0.5) is 0 Å². The summed E-state index contributed by atoms with van der Waals surface area (Å²) in [6.45, 7) is 2.11.